The Morgan fingerprint density at radius 1 is 1.56 bits per heavy atom. The molecule has 18 heavy (non-hydrogen) atoms. The number of carbonyl (C=O) groups excluding carboxylic acids is 1. The smallest absolute Gasteiger partial charge is 0.236 e. The summed E-state index contributed by atoms with van der Waals surface area (Å²) in [6.45, 7) is 5.04. The first-order chi connectivity index (χ1) is 8.47. The number of aromatic nitrogens is 2. The van der Waals surface area contributed by atoms with Gasteiger partial charge in [0.05, 0.1) is 17.9 Å². The highest BCUT2D eigenvalue weighted by Gasteiger charge is 2.13. The fourth-order valence-electron chi connectivity index (χ4n) is 1.69. The minimum Gasteiger partial charge on any atom is -0.355 e. The largest absolute Gasteiger partial charge is 0.355 e. The first-order valence-corrected chi connectivity index (χ1v) is 6.16. The lowest BCUT2D eigenvalue weighted by Crippen LogP contribution is -2.41. The molecular weight excluding hydrogens is 230 g/mol. The van der Waals surface area contributed by atoms with Crippen molar-refractivity contribution in [1.29, 1.82) is 0 Å². The number of rotatable bonds is 6. The molecule has 2 N–H and O–H groups in total. The van der Waals surface area contributed by atoms with Gasteiger partial charge < -0.3 is 20.1 Å². The quantitative estimate of drug-likeness (QED) is 0.755. The summed E-state index contributed by atoms with van der Waals surface area (Å²) in [5, 5.41) is 5.97. The monoisotopic (exact) mass is 253 g/mol. The van der Waals surface area contributed by atoms with Crippen molar-refractivity contribution >= 4 is 11.9 Å². The molecule has 1 amide bonds. The molecule has 0 aliphatic rings. The number of likely N-dealkylation sites (N-methyl/N-ethyl adjacent to an activating group) is 1. The molecule has 1 aromatic heterocycles. The summed E-state index contributed by atoms with van der Waals surface area (Å²) >= 11 is 0. The molecule has 6 nitrogen and oxygen atoms in total. The third kappa shape index (κ3) is 3.46. The first kappa shape index (κ1) is 14.5. The Kier molecular flexibility index (Phi) is 5.15. The molecule has 1 unspecified atom stereocenters. The zero-order valence-corrected chi connectivity index (χ0v) is 11.8. The van der Waals surface area contributed by atoms with Crippen LogP contribution >= 0.6 is 0 Å². The van der Waals surface area contributed by atoms with Crippen molar-refractivity contribution in [3.63, 3.8) is 0 Å². The van der Waals surface area contributed by atoms with E-state index in [-0.39, 0.29) is 11.9 Å². The maximum absolute atomic E-state index is 11.6. The summed E-state index contributed by atoms with van der Waals surface area (Å²) in [4.78, 5) is 17.8. The lowest BCUT2D eigenvalue weighted by molar-refractivity contribution is -0.122. The van der Waals surface area contributed by atoms with Crippen LogP contribution in [0.5, 0.6) is 0 Å². The minimum absolute atomic E-state index is 0.0208. The Labute approximate surface area is 108 Å². The topological polar surface area (TPSA) is 62.2 Å². The van der Waals surface area contributed by atoms with Gasteiger partial charge in [0.15, 0.2) is 0 Å². The van der Waals surface area contributed by atoms with Crippen molar-refractivity contribution in [1.82, 2.24) is 20.2 Å². The SMILES string of the molecule is CCNC(=O)C(C)NCc1cnc(N(C)C)n1C. The second kappa shape index (κ2) is 6.39. The van der Waals surface area contributed by atoms with Crippen LogP contribution in [0.3, 0.4) is 0 Å². The molecular formula is C12H23N5O. The van der Waals surface area contributed by atoms with Gasteiger partial charge >= 0.3 is 0 Å². The fraction of sp³-hybridized carbons (Fsp3) is 0.667. The molecule has 0 saturated carbocycles. The molecule has 0 saturated heterocycles. The maximum atomic E-state index is 11.6. The molecule has 102 valence electrons. The van der Waals surface area contributed by atoms with E-state index in [1.165, 1.54) is 0 Å². The third-order valence-electron chi connectivity index (χ3n) is 2.79. The zero-order chi connectivity index (χ0) is 13.7. The van der Waals surface area contributed by atoms with E-state index in [1.807, 2.05) is 50.7 Å². The molecule has 1 aromatic rings. The van der Waals surface area contributed by atoms with E-state index < -0.39 is 0 Å². The molecule has 6 heteroatoms. The number of hydrogen-bond donors (Lipinski definition) is 2. The van der Waals surface area contributed by atoms with Crippen LogP contribution in [0.2, 0.25) is 0 Å². The molecule has 0 aromatic carbocycles. The minimum atomic E-state index is -0.206. The molecule has 1 heterocycles. The predicted octanol–water partition coefficient (Wildman–Crippen LogP) is 0.100. The lowest BCUT2D eigenvalue weighted by Gasteiger charge is -2.15. The number of carbonyl (C=O) groups is 1. The summed E-state index contributed by atoms with van der Waals surface area (Å²) in [5.74, 6) is 0.921. The average molecular weight is 253 g/mol. The molecule has 0 bridgehead atoms. The van der Waals surface area contributed by atoms with Crippen LogP contribution < -0.4 is 15.5 Å². The molecule has 0 aliphatic heterocycles. The third-order valence-corrected chi connectivity index (χ3v) is 2.79. The molecule has 1 atom stereocenters. The van der Waals surface area contributed by atoms with Gasteiger partial charge in [-0.2, -0.15) is 0 Å². The summed E-state index contributed by atoms with van der Waals surface area (Å²) < 4.78 is 2.01. The Hall–Kier alpha value is -1.56. The van der Waals surface area contributed by atoms with Crippen molar-refractivity contribution < 1.29 is 4.79 Å². The number of imidazole rings is 1. The average Bonchev–Trinajstić information content (AvgIpc) is 2.68. The van der Waals surface area contributed by atoms with E-state index in [0.717, 1.165) is 11.6 Å². The van der Waals surface area contributed by atoms with E-state index in [4.69, 9.17) is 0 Å². The second-order valence-electron chi connectivity index (χ2n) is 4.50. The van der Waals surface area contributed by atoms with Gasteiger partial charge in [-0.05, 0) is 13.8 Å². The van der Waals surface area contributed by atoms with E-state index in [0.29, 0.717) is 13.1 Å². The Morgan fingerprint density at radius 2 is 2.22 bits per heavy atom. The van der Waals surface area contributed by atoms with Gasteiger partial charge in [-0.3, -0.25) is 4.79 Å². The summed E-state index contributed by atoms with van der Waals surface area (Å²) in [6.07, 6.45) is 1.83. The van der Waals surface area contributed by atoms with E-state index in [1.54, 1.807) is 0 Å². The van der Waals surface area contributed by atoms with Gasteiger partial charge in [-0.15, -0.1) is 0 Å². The van der Waals surface area contributed by atoms with E-state index in [9.17, 15) is 4.79 Å². The van der Waals surface area contributed by atoms with E-state index >= 15 is 0 Å². The normalized spacial score (nSPS) is 12.3. The highest BCUT2D eigenvalue weighted by atomic mass is 16.2. The number of hydrogen-bond acceptors (Lipinski definition) is 4. The summed E-state index contributed by atoms with van der Waals surface area (Å²) in [7, 11) is 5.88. The van der Waals surface area contributed by atoms with Crippen LogP contribution in [-0.4, -0.2) is 42.1 Å². The first-order valence-electron chi connectivity index (χ1n) is 6.16. The Bertz CT molecular complexity index is 399. The van der Waals surface area contributed by atoms with Crippen LogP contribution in [0, 0.1) is 0 Å². The molecule has 0 fully saturated rings. The van der Waals surface area contributed by atoms with Crippen LogP contribution in [0.25, 0.3) is 0 Å². The molecule has 0 radical (unpaired) electrons. The van der Waals surface area contributed by atoms with Gasteiger partial charge in [0.2, 0.25) is 11.9 Å². The standard InChI is InChI=1S/C12H23N5O/c1-6-13-11(18)9(2)14-7-10-8-15-12(16(3)4)17(10)5/h8-9,14H,6-7H2,1-5H3,(H,13,18). The maximum Gasteiger partial charge on any atom is 0.236 e. The lowest BCUT2D eigenvalue weighted by atomic mass is 10.3. The fourth-order valence-corrected chi connectivity index (χ4v) is 1.69. The highest BCUT2D eigenvalue weighted by Crippen LogP contribution is 2.10. The van der Waals surface area contributed by atoms with Gasteiger partial charge in [-0.1, -0.05) is 0 Å². The number of anilines is 1. The van der Waals surface area contributed by atoms with Gasteiger partial charge in [-0.25, -0.2) is 4.98 Å². The summed E-state index contributed by atoms with van der Waals surface area (Å²) in [5.41, 5.74) is 1.05. The highest BCUT2D eigenvalue weighted by molar-refractivity contribution is 5.81. The number of nitrogens with zero attached hydrogens (tertiary/aromatic N) is 3. The van der Waals surface area contributed by atoms with Crippen molar-refractivity contribution in [3.8, 4) is 0 Å². The Balaban J connectivity index is 2.56. The number of nitrogens with one attached hydrogen (secondary N) is 2. The van der Waals surface area contributed by atoms with E-state index in [2.05, 4.69) is 15.6 Å². The van der Waals surface area contributed by atoms with Crippen molar-refractivity contribution in [3.05, 3.63) is 11.9 Å². The van der Waals surface area contributed by atoms with Gasteiger partial charge in [0.25, 0.3) is 0 Å². The van der Waals surface area contributed by atoms with Gasteiger partial charge in [0, 0.05) is 34.2 Å². The predicted molar refractivity (Wildman–Crippen MR) is 72.5 cm³/mol. The van der Waals surface area contributed by atoms with Crippen molar-refractivity contribution in [2.45, 2.75) is 26.4 Å². The molecule has 0 spiro atoms. The zero-order valence-electron chi connectivity index (χ0n) is 11.8. The van der Waals surface area contributed by atoms with Crippen LogP contribution in [0.1, 0.15) is 19.5 Å². The second-order valence-corrected chi connectivity index (χ2v) is 4.50. The summed E-state index contributed by atoms with van der Waals surface area (Å²) in [6, 6.07) is -0.206. The molecule has 1 rings (SSSR count). The van der Waals surface area contributed by atoms with Crippen molar-refractivity contribution in [2.75, 3.05) is 25.5 Å². The molecule has 0 aliphatic carbocycles. The Morgan fingerprint density at radius 3 is 2.72 bits per heavy atom. The van der Waals surface area contributed by atoms with Crippen molar-refractivity contribution in [2.24, 2.45) is 7.05 Å². The number of amides is 1. The van der Waals surface area contributed by atoms with Crippen LogP contribution in [-0.2, 0) is 18.4 Å². The van der Waals surface area contributed by atoms with Gasteiger partial charge in [0.1, 0.15) is 0 Å². The van der Waals surface area contributed by atoms with Crippen LogP contribution in [0.4, 0.5) is 5.95 Å². The van der Waals surface area contributed by atoms with Crippen LogP contribution in [0.15, 0.2) is 6.20 Å².